The van der Waals surface area contributed by atoms with Crippen LogP contribution >= 0.6 is 23.2 Å². The molecule has 9 nitrogen and oxygen atoms in total. The zero-order valence-corrected chi connectivity index (χ0v) is 27.2. The first kappa shape index (κ1) is 34.0. The van der Waals surface area contributed by atoms with E-state index >= 15 is 0 Å². The Kier molecular flexibility index (Phi) is 12.1. The van der Waals surface area contributed by atoms with Gasteiger partial charge < -0.3 is 19.7 Å². The van der Waals surface area contributed by atoms with Crippen molar-refractivity contribution in [2.45, 2.75) is 45.3 Å². The van der Waals surface area contributed by atoms with Crippen LogP contribution in [0.3, 0.4) is 0 Å². The molecular weight excluding hydrogens is 613 g/mol. The largest absolute Gasteiger partial charge is 0.497 e. The number of rotatable bonds is 14. The van der Waals surface area contributed by atoms with Crippen molar-refractivity contribution in [3.05, 3.63) is 87.9 Å². The molecule has 0 aliphatic heterocycles. The molecule has 1 N–H and O–H groups in total. The van der Waals surface area contributed by atoms with Crippen LogP contribution in [-0.4, -0.2) is 64.2 Å². The van der Waals surface area contributed by atoms with Crippen molar-refractivity contribution < 1.29 is 27.5 Å². The minimum Gasteiger partial charge on any atom is -0.497 e. The summed E-state index contributed by atoms with van der Waals surface area (Å²) < 4.78 is 37.8. The first-order valence-corrected chi connectivity index (χ1v) is 16.3. The van der Waals surface area contributed by atoms with Crippen molar-refractivity contribution >= 4 is 50.7 Å². The molecule has 0 saturated carbocycles. The van der Waals surface area contributed by atoms with Gasteiger partial charge in [-0.1, -0.05) is 66.5 Å². The van der Waals surface area contributed by atoms with E-state index in [0.29, 0.717) is 22.8 Å². The highest BCUT2D eigenvalue weighted by atomic mass is 35.5. The Balaban J connectivity index is 2.12. The van der Waals surface area contributed by atoms with Crippen LogP contribution in [0.4, 0.5) is 5.69 Å². The lowest BCUT2D eigenvalue weighted by Crippen LogP contribution is -2.54. The van der Waals surface area contributed by atoms with E-state index < -0.39 is 28.5 Å². The van der Waals surface area contributed by atoms with Crippen LogP contribution in [0.1, 0.15) is 31.4 Å². The molecule has 0 spiro atoms. The fraction of sp³-hybridized carbons (Fsp3) is 0.355. The van der Waals surface area contributed by atoms with E-state index in [-0.39, 0.29) is 41.4 Å². The van der Waals surface area contributed by atoms with Crippen LogP contribution in [0.5, 0.6) is 11.5 Å². The van der Waals surface area contributed by atoms with Gasteiger partial charge in [0.15, 0.2) is 0 Å². The van der Waals surface area contributed by atoms with Gasteiger partial charge in [0.1, 0.15) is 24.1 Å². The third kappa shape index (κ3) is 9.26. The number of nitrogens with one attached hydrogen (secondary N) is 1. The molecule has 0 aliphatic carbocycles. The lowest BCUT2D eigenvalue weighted by atomic mass is 10.0. The Morgan fingerprint density at radius 3 is 2.21 bits per heavy atom. The molecule has 2 atom stereocenters. The second kappa shape index (κ2) is 15.3. The highest BCUT2D eigenvalue weighted by Crippen LogP contribution is 2.34. The zero-order chi connectivity index (χ0) is 31.7. The van der Waals surface area contributed by atoms with Crippen LogP contribution in [0, 0.1) is 0 Å². The van der Waals surface area contributed by atoms with Crippen molar-refractivity contribution in [2.24, 2.45) is 0 Å². The number of sulfonamides is 1. The fourth-order valence-corrected chi connectivity index (χ4v) is 5.59. The molecule has 0 radical (unpaired) electrons. The summed E-state index contributed by atoms with van der Waals surface area (Å²) in [5.41, 5.74) is 1.60. The summed E-state index contributed by atoms with van der Waals surface area (Å²) in [6, 6.07) is 17.7. The Morgan fingerprint density at radius 2 is 1.63 bits per heavy atom. The summed E-state index contributed by atoms with van der Waals surface area (Å²) >= 11 is 12.4. The van der Waals surface area contributed by atoms with Gasteiger partial charge in [-0.25, -0.2) is 8.42 Å². The first-order chi connectivity index (χ1) is 20.4. The van der Waals surface area contributed by atoms with Gasteiger partial charge in [0.2, 0.25) is 21.8 Å². The third-order valence-electron chi connectivity index (χ3n) is 6.94. The smallest absolute Gasteiger partial charge is 0.244 e. The van der Waals surface area contributed by atoms with E-state index in [1.165, 1.54) is 31.3 Å². The molecule has 0 aliphatic rings. The minimum atomic E-state index is -3.99. The van der Waals surface area contributed by atoms with Crippen molar-refractivity contribution in [1.82, 2.24) is 10.2 Å². The summed E-state index contributed by atoms with van der Waals surface area (Å²) in [5.74, 6) is -0.315. The zero-order valence-electron chi connectivity index (χ0n) is 24.8. The summed E-state index contributed by atoms with van der Waals surface area (Å²) in [7, 11) is -1.11. The molecule has 3 aromatic rings. The van der Waals surface area contributed by atoms with Gasteiger partial charge in [0.05, 0.1) is 36.2 Å². The second-order valence-corrected chi connectivity index (χ2v) is 12.8. The monoisotopic (exact) mass is 649 g/mol. The predicted molar refractivity (Wildman–Crippen MR) is 171 cm³/mol. The number of benzene rings is 3. The number of nitrogens with zero attached hydrogens (tertiary/aromatic N) is 2. The molecule has 0 aromatic heterocycles. The van der Waals surface area contributed by atoms with Gasteiger partial charge in [-0.3, -0.25) is 13.9 Å². The molecule has 12 heteroatoms. The maximum Gasteiger partial charge on any atom is 0.244 e. The first-order valence-electron chi connectivity index (χ1n) is 13.6. The van der Waals surface area contributed by atoms with Gasteiger partial charge in [0, 0.05) is 25.1 Å². The number of amides is 2. The van der Waals surface area contributed by atoms with Crippen LogP contribution in [-0.2, 0) is 32.6 Å². The molecule has 3 rings (SSSR count). The fourth-order valence-electron chi connectivity index (χ4n) is 4.42. The van der Waals surface area contributed by atoms with E-state index in [2.05, 4.69) is 5.32 Å². The lowest BCUT2D eigenvalue weighted by molar-refractivity contribution is -0.140. The second-order valence-electron chi connectivity index (χ2n) is 10.1. The number of anilines is 1. The minimum absolute atomic E-state index is 0.0293. The number of ether oxygens (including phenoxy) is 2. The van der Waals surface area contributed by atoms with Crippen LogP contribution in [0.2, 0.25) is 10.0 Å². The molecule has 43 heavy (non-hydrogen) atoms. The number of hydrogen-bond acceptors (Lipinski definition) is 6. The number of hydrogen-bond donors (Lipinski definition) is 1. The molecule has 0 bridgehead atoms. The summed E-state index contributed by atoms with van der Waals surface area (Å²) in [5, 5.41) is 3.62. The molecule has 0 unspecified atom stereocenters. The van der Waals surface area contributed by atoms with Gasteiger partial charge in [-0.2, -0.15) is 0 Å². The topological polar surface area (TPSA) is 105 Å². The standard InChI is InChI=1S/C31H37Cl2N3O6S/c1-6-21(2)34-31(38)28(17-22-10-8-7-9-11-22)35(19-23-12-14-25(32)26(33)16-23)30(37)20-36(43(5,39)40)27-15-13-24(41-3)18-29(27)42-4/h7-16,18,21,28H,6,17,19-20H2,1-5H3,(H,34,38)/t21-,28+/m1/s1. The molecule has 0 heterocycles. The van der Waals surface area contributed by atoms with Crippen LogP contribution in [0.15, 0.2) is 66.7 Å². The van der Waals surface area contributed by atoms with Gasteiger partial charge >= 0.3 is 0 Å². The van der Waals surface area contributed by atoms with E-state index in [9.17, 15) is 18.0 Å². The third-order valence-corrected chi connectivity index (χ3v) is 8.81. The maximum atomic E-state index is 14.3. The lowest BCUT2D eigenvalue weighted by Gasteiger charge is -2.34. The SMILES string of the molecule is CC[C@@H](C)NC(=O)[C@H](Cc1ccccc1)N(Cc1ccc(Cl)c(Cl)c1)C(=O)CN(c1ccc(OC)cc1OC)S(C)(=O)=O. The number of methoxy groups -OCH3 is 2. The van der Waals surface area contributed by atoms with Gasteiger partial charge in [-0.05, 0) is 48.7 Å². The van der Waals surface area contributed by atoms with Crippen molar-refractivity contribution in [1.29, 1.82) is 0 Å². The Bertz CT molecular complexity index is 1520. The molecule has 0 saturated heterocycles. The average molecular weight is 651 g/mol. The van der Waals surface area contributed by atoms with E-state index in [1.807, 2.05) is 44.2 Å². The molecule has 3 aromatic carbocycles. The van der Waals surface area contributed by atoms with Crippen molar-refractivity contribution in [3.63, 3.8) is 0 Å². The van der Waals surface area contributed by atoms with E-state index in [4.69, 9.17) is 32.7 Å². The van der Waals surface area contributed by atoms with Crippen molar-refractivity contribution in [3.8, 4) is 11.5 Å². The van der Waals surface area contributed by atoms with Gasteiger partial charge in [-0.15, -0.1) is 0 Å². The predicted octanol–water partition coefficient (Wildman–Crippen LogP) is 5.33. The van der Waals surface area contributed by atoms with Crippen LogP contribution in [0.25, 0.3) is 0 Å². The highest BCUT2D eigenvalue weighted by Gasteiger charge is 2.34. The van der Waals surface area contributed by atoms with Gasteiger partial charge in [0.25, 0.3) is 0 Å². The Morgan fingerprint density at radius 1 is 0.930 bits per heavy atom. The molecule has 2 amide bonds. The van der Waals surface area contributed by atoms with Crippen LogP contribution < -0.4 is 19.1 Å². The molecular formula is C31H37Cl2N3O6S. The number of halogens is 2. The average Bonchev–Trinajstić information content (AvgIpc) is 2.98. The quantitative estimate of drug-likeness (QED) is 0.253. The number of carbonyl (C=O) groups excluding carboxylic acids is 2. The van der Waals surface area contributed by atoms with E-state index in [0.717, 1.165) is 16.1 Å². The normalized spacial score (nSPS) is 12.6. The molecule has 232 valence electrons. The Labute approximate surface area is 263 Å². The maximum absolute atomic E-state index is 14.3. The number of carbonyl (C=O) groups is 2. The molecule has 0 fully saturated rings. The van der Waals surface area contributed by atoms with E-state index in [1.54, 1.807) is 24.3 Å². The van der Waals surface area contributed by atoms with Crippen molar-refractivity contribution in [2.75, 3.05) is 31.3 Å². The summed E-state index contributed by atoms with van der Waals surface area (Å²) in [4.78, 5) is 29.4. The summed E-state index contributed by atoms with van der Waals surface area (Å²) in [6.45, 7) is 3.20. The highest BCUT2D eigenvalue weighted by molar-refractivity contribution is 7.92. The Hall–Kier alpha value is -3.47. The summed E-state index contributed by atoms with van der Waals surface area (Å²) in [6.07, 6.45) is 1.88.